The van der Waals surface area contributed by atoms with Crippen LogP contribution in [0.5, 0.6) is 0 Å². The topological polar surface area (TPSA) is 71.1 Å². The molecule has 5 nitrogen and oxygen atoms in total. The summed E-state index contributed by atoms with van der Waals surface area (Å²) < 4.78 is 27.1. The average molecular weight is 319 g/mol. The Labute approximate surface area is 131 Å². The molecule has 0 aliphatic carbocycles. The van der Waals surface area contributed by atoms with Crippen LogP contribution in [0.25, 0.3) is 0 Å². The summed E-state index contributed by atoms with van der Waals surface area (Å²) in [6.07, 6.45) is 2.05. The van der Waals surface area contributed by atoms with E-state index in [1.807, 2.05) is 6.92 Å². The van der Waals surface area contributed by atoms with E-state index in [1.54, 1.807) is 0 Å². The summed E-state index contributed by atoms with van der Waals surface area (Å²) in [6.45, 7) is 2.39. The van der Waals surface area contributed by atoms with Crippen molar-refractivity contribution in [2.75, 3.05) is 11.9 Å². The van der Waals surface area contributed by atoms with E-state index < -0.39 is 29.1 Å². The molecular formula is C16H15F2N3O2. The molecular weight excluding hydrogens is 304 g/mol. The van der Waals surface area contributed by atoms with E-state index in [9.17, 15) is 18.4 Å². The summed E-state index contributed by atoms with van der Waals surface area (Å²) in [6, 6.07) is 5.89. The van der Waals surface area contributed by atoms with E-state index in [1.165, 1.54) is 24.4 Å². The van der Waals surface area contributed by atoms with Gasteiger partial charge in [0, 0.05) is 18.3 Å². The molecule has 2 rings (SSSR count). The monoisotopic (exact) mass is 319 g/mol. The maximum Gasteiger partial charge on any atom is 0.269 e. The molecule has 23 heavy (non-hydrogen) atoms. The summed E-state index contributed by atoms with van der Waals surface area (Å²) in [7, 11) is 0. The number of rotatable bonds is 5. The van der Waals surface area contributed by atoms with Crippen LogP contribution in [0.15, 0.2) is 36.5 Å². The highest BCUT2D eigenvalue weighted by Gasteiger charge is 2.15. The second-order valence-corrected chi connectivity index (χ2v) is 4.74. The molecule has 0 spiro atoms. The normalized spacial score (nSPS) is 10.2. The smallest absolute Gasteiger partial charge is 0.269 e. The lowest BCUT2D eigenvalue weighted by molar-refractivity contribution is 0.0948. The number of halogens is 2. The molecule has 0 atom stereocenters. The minimum absolute atomic E-state index is 0.0557. The molecule has 0 unspecified atom stereocenters. The number of anilines is 1. The van der Waals surface area contributed by atoms with E-state index in [-0.39, 0.29) is 11.3 Å². The summed E-state index contributed by atoms with van der Waals surface area (Å²) >= 11 is 0. The third-order valence-electron chi connectivity index (χ3n) is 2.99. The minimum atomic E-state index is -0.881. The Morgan fingerprint density at radius 1 is 1.13 bits per heavy atom. The molecule has 1 aromatic heterocycles. The molecule has 0 radical (unpaired) electrons. The summed E-state index contributed by atoms with van der Waals surface area (Å²) in [4.78, 5) is 27.8. The first-order valence-corrected chi connectivity index (χ1v) is 7.02. The molecule has 1 aromatic carbocycles. The Bertz CT molecular complexity index is 715. The molecule has 0 aliphatic rings. The van der Waals surface area contributed by atoms with E-state index >= 15 is 0 Å². The molecule has 1 heterocycles. The van der Waals surface area contributed by atoms with E-state index in [0.29, 0.717) is 6.54 Å². The molecule has 120 valence electrons. The van der Waals surface area contributed by atoms with Crippen molar-refractivity contribution in [2.45, 2.75) is 13.3 Å². The Kier molecular flexibility index (Phi) is 5.35. The van der Waals surface area contributed by atoms with Crippen molar-refractivity contribution < 1.29 is 18.4 Å². The van der Waals surface area contributed by atoms with Crippen LogP contribution in [0.2, 0.25) is 0 Å². The maximum atomic E-state index is 13.5. The number of benzene rings is 1. The molecule has 2 N–H and O–H groups in total. The fraction of sp³-hybridized carbons (Fsp3) is 0.188. The first kappa shape index (κ1) is 16.5. The average Bonchev–Trinajstić information content (AvgIpc) is 2.56. The zero-order chi connectivity index (χ0) is 16.8. The predicted molar refractivity (Wildman–Crippen MR) is 81.2 cm³/mol. The third-order valence-corrected chi connectivity index (χ3v) is 2.99. The number of pyridine rings is 1. The number of hydrogen-bond donors (Lipinski definition) is 2. The molecule has 2 amide bonds. The van der Waals surface area contributed by atoms with Crippen LogP contribution in [0.4, 0.5) is 14.5 Å². The van der Waals surface area contributed by atoms with Crippen LogP contribution in [0, 0.1) is 11.6 Å². The summed E-state index contributed by atoms with van der Waals surface area (Å²) in [5, 5.41) is 4.79. The van der Waals surface area contributed by atoms with Crippen molar-refractivity contribution >= 4 is 17.5 Å². The van der Waals surface area contributed by atoms with Gasteiger partial charge in [0.2, 0.25) is 0 Å². The first-order valence-electron chi connectivity index (χ1n) is 7.02. The quantitative estimate of drug-likeness (QED) is 0.890. The van der Waals surface area contributed by atoms with Gasteiger partial charge in [0.1, 0.15) is 23.0 Å². The zero-order valence-electron chi connectivity index (χ0n) is 12.4. The highest BCUT2D eigenvalue weighted by atomic mass is 19.1. The number of nitrogens with one attached hydrogen (secondary N) is 2. The maximum absolute atomic E-state index is 13.5. The third kappa shape index (κ3) is 4.09. The Balaban J connectivity index is 2.18. The fourth-order valence-corrected chi connectivity index (χ4v) is 1.83. The van der Waals surface area contributed by atoms with Crippen molar-refractivity contribution in [3.63, 3.8) is 0 Å². The zero-order valence-corrected chi connectivity index (χ0v) is 12.4. The van der Waals surface area contributed by atoms with Gasteiger partial charge < -0.3 is 10.6 Å². The van der Waals surface area contributed by atoms with Crippen LogP contribution in [0.3, 0.4) is 0 Å². The highest BCUT2D eigenvalue weighted by molar-refractivity contribution is 6.05. The SMILES string of the molecule is CCCNC(=O)c1cc(C(=O)Nc2c(F)cccc2F)ccn1. The molecule has 0 bridgehead atoms. The van der Waals surface area contributed by atoms with Crippen LogP contribution in [-0.2, 0) is 0 Å². The van der Waals surface area contributed by atoms with Crippen molar-refractivity contribution in [3.8, 4) is 0 Å². The number of carbonyl (C=O) groups excluding carboxylic acids is 2. The molecule has 2 aromatic rings. The van der Waals surface area contributed by atoms with Crippen LogP contribution in [-0.4, -0.2) is 23.3 Å². The van der Waals surface area contributed by atoms with E-state index in [0.717, 1.165) is 18.6 Å². The summed E-state index contributed by atoms with van der Waals surface area (Å²) in [5.74, 6) is -2.92. The lowest BCUT2D eigenvalue weighted by atomic mass is 10.2. The van der Waals surface area contributed by atoms with Gasteiger partial charge in [0.25, 0.3) is 11.8 Å². The number of aromatic nitrogens is 1. The minimum Gasteiger partial charge on any atom is -0.351 e. The van der Waals surface area contributed by atoms with Gasteiger partial charge in [-0.05, 0) is 30.7 Å². The van der Waals surface area contributed by atoms with Crippen molar-refractivity contribution in [2.24, 2.45) is 0 Å². The van der Waals surface area contributed by atoms with Gasteiger partial charge >= 0.3 is 0 Å². The first-order chi connectivity index (χ1) is 11.0. The van der Waals surface area contributed by atoms with Crippen molar-refractivity contribution in [3.05, 3.63) is 59.4 Å². The van der Waals surface area contributed by atoms with E-state index in [4.69, 9.17) is 0 Å². The van der Waals surface area contributed by atoms with Crippen molar-refractivity contribution in [1.29, 1.82) is 0 Å². The van der Waals surface area contributed by atoms with E-state index in [2.05, 4.69) is 15.6 Å². The number of amides is 2. The second kappa shape index (κ2) is 7.44. The van der Waals surface area contributed by atoms with Crippen LogP contribution >= 0.6 is 0 Å². The van der Waals surface area contributed by atoms with Crippen LogP contribution < -0.4 is 10.6 Å². The standard InChI is InChI=1S/C16H15F2N3O2/c1-2-7-20-16(23)13-9-10(6-8-19-13)15(22)21-14-11(17)4-3-5-12(14)18/h3-6,8-9H,2,7H2,1H3,(H,20,23)(H,21,22). The molecule has 0 fully saturated rings. The Morgan fingerprint density at radius 2 is 1.83 bits per heavy atom. The Morgan fingerprint density at radius 3 is 2.48 bits per heavy atom. The van der Waals surface area contributed by atoms with Crippen LogP contribution in [0.1, 0.15) is 34.2 Å². The number of nitrogens with zero attached hydrogens (tertiary/aromatic N) is 1. The Hall–Kier alpha value is -2.83. The number of para-hydroxylation sites is 1. The molecule has 0 aliphatic heterocycles. The second-order valence-electron chi connectivity index (χ2n) is 4.74. The molecule has 0 saturated heterocycles. The number of hydrogen-bond acceptors (Lipinski definition) is 3. The van der Waals surface area contributed by atoms with Gasteiger partial charge in [-0.1, -0.05) is 13.0 Å². The lowest BCUT2D eigenvalue weighted by Gasteiger charge is -2.08. The van der Waals surface area contributed by atoms with Gasteiger partial charge in [-0.25, -0.2) is 8.78 Å². The van der Waals surface area contributed by atoms with Gasteiger partial charge in [0.05, 0.1) is 0 Å². The van der Waals surface area contributed by atoms with Gasteiger partial charge in [-0.15, -0.1) is 0 Å². The van der Waals surface area contributed by atoms with Crippen molar-refractivity contribution in [1.82, 2.24) is 10.3 Å². The predicted octanol–water partition coefficient (Wildman–Crippen LogP) is 2.75. The van der Waals surface area contributed by atoms with Gasteiger partial charge in [-0.2, -0.15) is 0 Å². The largest absolute Gasteiger partial charge is 0.351 e. The lowest BCUT2D eigenvalue weighted by Crippen LogP contribution is -2.25. The van der Waals surface area contributed by atoms with Gasteiger partial charge in [0.15, 0.2) is 0 Å². The highest BCUT2D eigenvalue weighted by Crippen LogP contribution is 2.19. The fourth-order valence-electron chi connectivity index (χ4n) is 1.83. The molecule has 7 heteroatoms. The summed E-state index contributed by atoms with van der Waals surface area (Å²) in [5.41, 5.74) is -0.407. The molecule has 0 saturated carbocycles. The van der Waals surface area contributed by atoms with Gasteiger partial charge in [-0.3, -0.25) is 14.6 Å². The number of carbonyl (C=O) groups is 2.